The van der Waals surface area contributed by atoms with Crippen molar-refractivity contribution in [2.45, 2.75) is 38.3 Å². The normalized spacial score (nSPS) is 16.0. The van der Waals surface area contributed by atoms with Crippen LogP contribution in [-0.2, 0) is 6.54 Å². The lowest BCUT2D eigenvalue weighted by molar-refractivity contribution is 0.462. The highest BCUT2D eigenvalue weighted by molar-refractivity contribution is 5.80. The molecule has 0 spiro atoms. The van der Waals surface area contributed by atoms with Gasteiger partial charge < -0.3 is 4.57 Å². The zero-order valence-corrected chi connectivity index (χ0v) is 11.9. The highest BCUT2D eigenvalue weighted by Gasteiger charge is 2.17. The molecule has 0 radical (unpaired) electrons. The second-order valence-corrected chi connectivity index (χ2v) is 5.87. The predicted molar refractivity (Wildman–Crippen MR) is 80.7 cm³/mol. The molecule has 1 aliphatic rings. The van der Waals surface area contributed by atoms with Gasteiger partial charge in [-0.3, -0.25) is 4.68 Å². The Labute approximate surface area is 123 Å². The van der Waals surface area contributed by atoms with Crippen LogP contribution in [0.25, 0.3) is 10.9 Å². The standard InChI is InChI=1S/C17H18FN3/c18-14-5-6-17-13(11-14)7-9-20(17)12-15-8-10-21(19-15)16-3-1-2-4-16/h5-11,16H,1-4,12H2. The number of hydrogen-bond donors (Lipinski definition) is 0. The number of hydrogen-bond acceptors (Lipinski definition) is 1. The molecule has 2 aromatic heterocycles. The van der Waals surface area contributed by atoms with E-state index in [4.69, 9.17) is 5.10 Å². The molecule has 0 N–H and O–H groups in total. The van der Waals surface area contributed by atoms with Gasteiger partial charge in [0.1, 0.15) is 5.82 Å². The smallest absolute Gasteiger partial charge is 0.123 e. The quantitative estimate of drug-likeness (QED) is 0.708. The number of nitrogens with zero attached hydrogens (tertiary/aromatic N) is 3. The van der Waals surface area contributed by atoms with E-state index < -0.39 is 0 Å². The third-order valence-electron chi connectivity index (χ3n) is 4.43. The van der Waals surface area contributed by atoms with E-state index in [1.807, 2.05) is 18.3 Å². The summed E-state index contributed by atoms with van der Waals surface area (Å²) in [6.45, 7) is 0.731. The zero-order valence-electron chi connectivity index (χ0n) is 11.9. The van der Waals surface area contributed by atoms with Crippen LogP contribution < -0.4 is 0 Å². The van der Waals surface area contributed by atoms with E-state index in [-0.39, 0.29) is 5.82 Å². The van der Waals surface area contributed by atoms with Gasteiger partial charge in [0.15, 0.2) is 0 Å². The maximum absolute atomic E-state index is 13.2. The van der Waals surface area contributed by atoms with E-state index >= 15 is 0 Å². The Balaban J connectivity index is 1.59. The molecule has 0 atom stereocenters. The average molecular weight is 283 g/mol. The first-order valence-corrected chi connectivity index (χ1v) is 7.58. The Bertz CT molecular complexity index is 765. The minimum absolute atomic E-state index is 0.189. The van der Waals surface area contributed by atoms with Crippen LogP contribution >= 0.6 is 0 Å². The van der Waals surface area contributed by atoms with Crippen LogP contribution in [0.2, 0.25) is 0 Å². The summed E-state index contributed by atoms with van der Waals surface area (Å²) in [6, 6.07) is 9.53. The Morgan fingerprint density at radius 3 is 2.81 bits per heavy atom. The van der Waals surface area contributed by atoms with Gasteiger partial charge >= 0.3 is 0 Å². The molecule has 0 saturated heterocycles. The molecule has 0 amide bonds. The third kappa shape index (κ3) is 2.35. The van der Waals surface area contributed by atoms with Crippen LogP contribution in [0.1, 0.15) is 37.4 Å². The van der Waals surface area contributed by atoms with Gasteiger partial charge in [0.2, 0.25) is 0 Å². The minimum atomic E-state index is -0.189. The van der Waals surface area contributed by atoms with Gasteiger partial charge in [-0.15, -0.1) is 0 Å². The van der Waals surface area contributed by atoms with Crippen molar-refractivity contribution < 1.29 is 4.39 Å². The summed E-state index contributed by atoms with van der Waals surface area (Å²) < 4.78 is 17.5. The molecule has 3 nitrogen and oxygen atoms in total. The van der Waals surface area contributed by atoms with E-state index in [1.54, 1.807) is 6.07 Å². The van der Waals surface area contributed by atoms with Crippen molar-refractivity contribution in [2.75, 3.05) is 0 Å². The molecule has 4 heteroatoms. The molecule has 1 saturated carbocycles. The second-order valence-electron chi connectivity index (χ2n) is 5.87. The minimum Gasteiger partial charge on any atom is -0.341 e. The lowest BCUT2D eigenvalue weighted by Crippen LogP contribution is -2.06. The number of benzene rings is 1. The lowest BCUT2D eigenvalue weighted by atomic mass is 10.2. The lowest BCUT2D eigenvalue weighted by Gasteiger charge is -2.09. The summed E-state index contributed by atoms with van der Waals surface area (Å²) >= 11 is 0. The van der Waals surface area contributed by atoms with Gasteiger partial charge in [0.25, 0.3) is 0 Å². The molecule has 0 unspecified atom stereocenters. The molecule has 1 aromatic carbocycles. The molecule has 21 heavy (non-hydrogen) atoms. The largest absolute Gasteiger partial charge is 0.341 e. The number of rotatable bonds is 3. The number of halogens is 1. The van der Waals surface area contributed by atoms with Gasteiger partial charge in [-0.05, 0) is 43.2 Å². The van der Waals surface area contributed by atoms with Crippen LogP contribution in [-0.4, -0.2) is 14.3 Å². The van der Waals surface area contributed by atoms with E-state index in [0.717, 1.165) is 23.1 Å². The van der Waals surface area contributed by atoms with Crippen molar-refractivity contribution in [1.82, 2.24) is 14.3 Å². The van der Waals surface area contributed by atoms with Crippen molar-refractivity contribution >= 4 is 10.9 Å². The van der Waals surface area contributed by atoms with Crippen LogP contribution in [0, 0.1) is 5.82 Å². The summed E-state index contributed by atoms with van der Waals surface area (Å²) in [7, 11) is 0. The zero-order chi connectivity index (χ0) is 14.2. The van der Waals surface area contributed by atoms with E-state index in [0.29, 0.717) is 6.04 Å². The van der Waals surface area contributed by atoms with Gasteiger partial charge in [-0.1, -0.05) is 12.8 Å². The van der Waals surface area contributed by atoms with Crippen molar-refractivity contribution in [1.29, 1.82) is 0 Å². The summed E-state index contributed by atoms with van der Waals surface area (Å²) in [6.07, 6.45) is 9.20. The molecule has 2 heterocycles. The monoisotopic (exact) mass is 283 g/mol. The van der Waals surface area contributed by atoms with Gasteiger partial charge in [-0.2, -0.15) is 5.10 Å². The Hall–Kier alpha value is -2.10. The summed E-state index contributed by atoms with van der Waals surface area (Å²) in [5, 5.41) is 5.65. The molecule has 4 rings (SSSR count). The molecule has 3 aromatic rings. The molecule has 0 bridgehead atoms. The summed E-state index contributed by atoms with van der Waals surface area (Å²) in [5.41, 5.74) is 2.11. The fourth-order valence-electron chi connectivity index (χ4n) is 3.32. The van der Waals surface area contributed by atoms with Crippen molar-refractivity contribution in [3.63, 3.8) is 0 Å². The Kier molecular flexibility index (Phi) is 3.02. The maximum Gasteiger partial charge on any atom is 0.123 e. The van der Waals surface area contributed by atoms with Crippen molar-refractivity contribution in [3.8, 4) is 0 Å². The fraction of sp³-hybridized carbons (Fsp3) is 0.353. The first-order chi connectivity index (χ1) is 10.3. The third-order valence-corrected chi connectivity index (χ3v) is 4.43. The van der Waals surface area contributed by atoms with Crippen LogP contribution in [0.4, 0.5) is 4.39 Å². The Morgan fingerprint density at radius 2 is 1.95 bits per heavy atom. The molecule has 0 aliphatic heterocycles. The first kappa shape index (κ1) is 12.6. The van der Waals surface area contributed by atoms with Crippen molar-refractivity contribution in [2.24, 2.45) is 0 Å². The van der Waals surface area contributed by atoms with Gasteiger partial charge in [0.05, 0.1) is 18.3 Å². The van der Waals surface area contributed by atoms with Gasteiger partial charge in [0, 0.05) is 23.3 Å². The van der Waals surface area contributed by atoms with Crippen LogP contribution in [0.3, 0.4) is 0 Å². The van der Waals surface area contributed by atoms with Gasteiger partial charge in [-0.25, -0.2) is 4.39 Å². The Morgan fingerprint density at radius 1 is 1.10 bits per heavy atom. The van der Waals surface area contributed by atoms with E-state index in [9.17, 15) is 4.39 Å². The first-order valence-electron chi connectivity index (χ1n) is 7.58. The second kappa shape index (κ2) is 5.02. The number of fused-ring (bicyclic) bond motifs is 1. The molecule has 1 aliphatic carbocycles. The highest BCUT2D eigenvalue weighted by Crippen LogP contribution is 2.28. The molecular formula is C17H18FN3. The van der Waals surface area contributed by atoms with Crippen LogP contribution in [0.5, 0.6) is 0 Å². The molecule has 1 fully saturated rings. The summed E-state index contributed by atoms with van der Waals surface area (Å²) in [5.74, 6) is -0.189. The summed E-state index contributed by atoms with van der Waals surface area (Å²) in [4.78, 5) is 0. The average Bonchev–Trinajstić information content (AvgIpc) is 3.19. The van der Waals surface area contributed by atoms with Crippen LogP contribution in [0.15, 0.2) is 42.7 Å². The predicted octanol–water partition coefficient (Wildman–Crippen LogP) is 4.14. The van der Waals surface area contributed by atoms with E-state index in [1.165, 1.54) is 31.7 Å². The molecule has 108 valence electrons. The topological polar surface area (TPSA) is 22.8 Å². The van der Waals surface area contributed by atoms with E-state index in [2.05, 4.69) is 21.5 Å². The fourth-order valence-corrected chi connectivity index (χ4v) is 3.32. The highest BCUT2D eigenvalue weighted by atomic mass is 19.1. The maximum atomic E-state index is 13.2. The molecular weight excluding hydrogens is 265 g/mol. The SMILES string of the molecule is Fc1ccc2c(ccn2Cc2ccn(C3CCCC3)n2)c1. The van der Waals surface area contributed by atoms with Crippen molar-refractivity contribution in [3.05, 3.63) is 54.2 Å². The number of aromatic nitrogens is 3.